The number of pyridine rings is 1. The number of nitrogens with zero attached hydrogens (tertiary/aromatic N) is 3. The fourth-order valence-corrected chi connectivity index (χ4v) is 5.12. The predicted molar refractivity (Wildman–Crippen MR) is 182 cm³/mol. The molecule has 5 rings (SSSR count). The van der Waals surface area contributed by atoms with E-state index in [1.807, 2.05) is 41.0 Å². The Morgan fingerprint density at radius 3 is 2.59 bits per heavy atom. The van der Waals surface area contributed by atoms with Gasteiger partial charge in [-0.15, -0.1) is 0 Å². The molecule has 0 spiro atoms. The number of hydrogen-bond donors (Lipinski definition) is 5. The minimum absolute atomic E-state index is 0.160. The molecule has 2 aromatic heterocycles. The van der Waals surface area contributed by atoms with Crippen LogP contribution in [-0.4, -0.2) is 63.1 Å². The Balaban J connectivity index is 1.20. The average molecular weight is 623 g/mol. The number of aromatic nitrogens is 3. The van der Waals surface area contributed by atoms with E-state index in [0.717, 1.165) is 59.5 Å². The van der Waals surface area contributed by atoms with Crippen molar-refractivity contribution in [1.29, 1.82) is 0 Å². The van der Waals surface area contributed by atoms with Gasteiger partial charge in [-0.25, -0.2) is 14.8 Å². The van der Waals surface area contributed by atoms with Crippen molar-refractivity contribution in [2.75, 3.05) is 31.6 Å². The molecule has 0 bridgehead atoms. The Bertz CT molecular complexity index is 1690. The van der Waals surface area contributed by atoms with Crippen LogP contribution in [0.4, 0.5) is 10.5 Å². The van der Waals surface area contributed by atoms with Crippen LogP contribution < -0.4 is 20.7 Å². The smallest absolute Gasteiger partial charge is 0.319 e. The Labute approximate surface area is 269 Å². The van der Waals surface area contributed by atoms with E-state index in [-0.39, 0.29) is 18.4 Å². The number of benzene rings is 3. The van der Waals surface area contributed by atoms with E-state index in [2.05, 4.69) is 52.1 Å². The first-order valence-electron chi connectivity index (χ1n) is 15.9. The van der Waals surface area contributed by atoms with Crippen LogP contribution in [0.15, 0.2) is 91.1 Å². The van der Waals surface area contributed by atoms with Gasteiger partial charge in [0.1, 0.15) is 35.6 Å². The number of rotatable bonds is 16. The number of phenolic OH excluding ortho intramolecular Hbond substituents is 1. The van der Waals surface area contributed by atoms with E-state index in [1.165, 1.54) is 6.42 Å². The summed E-state index contributed by atoms with van der Waals surface area (Å²) in [5, 5.41) is 28.8. The lowest BCUT2D eigenvalue weighted by atomic mass is 10.1. The molecule has 1 atom stereocenters. The zero-order chi connectivity index (χ0) is 32.1. The van der Waals surface area contributed by atoms with Gasteiger partial charge in [-0.1, -0.05) is 50.5 Å². The molecule has 10 heteroatoms. The van der Waals surface area contributed by atoms with Gasteiger partial charge < -0.3 is 30.9 Å². The third-order valence-electron chi connectivity index (χ3n) is 7.55. The lowest BCUT2D eigenvalue weighted by Crippen LogP contribution is -2.32. The molecule has 1 unspecified atom stereocenters. The highest BCUT2D eigenvalue weighted by Crippen LogP contribution is 2.29. The molecule has 0 saturated carbocycles. The average Bonchev–Trinajstić information content (AvgIpc) is 3.46. The minimum atomic E-state index is -0.657. The molecule has 2 amide bonds. The Morgan fingerprint density at radius 2 is 1.78 bits per heavy atom. The van der Waals surface area contributed by atoms with Crippen LogP contribution in [-0.2, 0) is 6.42 Å². The van der Waals surface area contributed by atoms with Crippen LogP contribution in [0, 0.1) is 0 Å². The summed E-state index contributed by atoms with van der Waals surface area (Å²) in [6, 6.07) is 26.0. The number of phenols is 1. The van der Waals surface area contributed by atoms with E-state index in [4.69, 9.17) is 9.72 Å². The molecule has 0 saturated heterocycles. The largest absolute Gasteiger partial charge is 0.508 e. The molecule has 0 fully saturated rings. The molecule has 10 nitrogen and oxygen atoms in total. The van der Waals surface area contributed by atoms with E-state index < -0.39 is 6.10 Å². The van der Waals surface area contributed by atoms with Crippen LogP contribution >= 0.6 is 0 Å². The van der Waals surface area contributed by atoms with Crippen LogP contribution in [0.3, 0.4) is 0 Å². The number of hydrogen-bond acceptors (Lipinski definition) is 7. The van der Waals surface area contributed by atoms with Crippen LogP contribution in [0.1, 0.15) is 38.2 Å². The molecule has 3 aromatic carbocycles. The maximum absolute atomic E-state index is 12.5. The number of urea groups is 1. The monoisotopic (exact) mass is 622 g/mol. The maximum atomic E-state index is 12.5. The molecule has 0 aliphatic rings. The topological polar surface area (TPSA) is 134 Å². The third kappa shape index (κ3) is 9.06. The summed E-state index contributed by atoms with van der Waals surface area (Å²) in [5.74, 6) is 1.50. The van der Waals surface area contributed by atoms with Gasteiger partial charge in [0.05, 0.1) is 0 Å². The first-order valence-corrected chi connectivity index (χ1v) is 15.9. The van der Waals surface area contributed by atoms with Gasteiger partial charge in [0.15, 0.2) is 5.65 Å². The minimum Gasteiger partial charge on any atom is -0.508 e. The number of imidazole rings is 1. The van der Waals surface area contributed by atoms with Crippen molar-refractivity contribution in [3.63, 3.8) is 0 Å². The fraction of sp³-hybridized carbons (Fsp3) is 0.306. The highest BCUT2D eigenvalue weighted by Gasteiger charge is 2.16. The standard InChI is InChI=1S/C36H42N6O4/c1-2-3-4-5-20-39-36(45)40-28-9-6-8-27(23-28)34-41-33-10-7-21-38-35(33)42(34)29-13-11-26(12-14-29)19-22-37-24-31(44)25-46-32-17-15-30(43)16-18-32/h6-18,21,23,31,37,43-44H,2-5,19-20,22,24-25H2,1H3,(H2,39,40,45). The van der Waals surface area contributed by atoms with Crippen molar-refractivity contribution >= 4 is 22.9 Å². The molecule has 5 aromatic rings. The van der Waals surface area contributed by atoms with Crippen LogP contribution in [0.2, 0.25) is 0 Å². The predicted octanol–water partition coefficient (Wildman–Crippen LogP) is 6.07. The van der Waals surface area contributed by atoms with Gasteiger partial charge in [0, 0.05) is 36.2 Å². The molecule has 0 radical (unpaired) electrons. The summed E-state index contributed by atoms with van der Waals surface area (Å²) in [7, 11) is 0. The number of ether oxygens (including phenoxy) is 1. The number of fused-ring (bicyclic) bond motifs is 1. The molecule has 46 heavy (non-hydrogen) atoms. The molecule has 0 aliphatic heterocycles. The van der Waals surface area contributed by atoms with Gasteiger partial charge >= 0.3 is 6.03 Å². The third-order valence-corrected chi connectivity index (χ3v) is 7.55. The summed E-state index contributed by atoms with van der Waals surface area (Å²) in [5.41, 5.74) is 5.16. The molecular formula is C36H42N6O4. The van der Waals surface area contributed by atoms with Gasteiger partial charge in [-0.05, 0) is 85.6 Å². The Kier molecular flexibility index (Phi) is 11.6. The zero-order valence-electron chi connectivity index (χ0n) is 26.2. The van der Waals surface area contributed by atoms with Crippen molar-refractivity contribution in [3.05, 3.63) is 96.7 Å². The summed E-state index contributed by atoms with van der Waals surface area (Å²) in [4.78, 5) is 22.0. The van der Waals surface area contributed by atoms with Crippen LogP contribution in [0.5, 0.6) is 11.5 Å². The second-order valence-corrected chi connectivity index (χ2v) is 11.2. The van der Waals surface area contributed by atoms with E-state index in [0.29, 0.717) is 31.1 Å². The van der Waals surface area contributed by atoms with Crippen molar-refractivity contribution in [1.82, 2.24) is 25.2 Å². The number of nitrogens with one attached hydrogen (secondary N) is 3. The molecule has 240 valence electrons. The maximum Gasteiger partial charge on any atom is 0.319 e. The zero-order valence-corrected chi connectivity index (χ0v) is 26.2. The number of aliphatic hydroxyl groups excluding tert-OH is 1. The lowest BCUT2D eigenvalue weighted by molar-refractivity contribution is 0.106. The highest BCUT2D eigenvalue weighted by atomic mass is 16.5. The molecular weight excluding hydrogens is 580 g/mol. The van der Waals surface area contributed by atoms with Crippen molar-refractivity contribution in [2.24, 2.45) is 0 Å². The number of aliphatic hydroxyl groups is 1. The summed E-state index contributed by atoms with van der Waals surface area (Å²) >= 11 is 0. The van der Waals surface area contributed by atoms with E-state index in [9.17, 15) is 15.0 Å². The van der Waals surface area contributed by atoms with E-state index in [1.54, 1.807) is 30.5 Å². The van der Waals surface area contributed by atoms with Gasteiger partial charge in [0.2, 0.25) is 0 Å². The number of aromatic hydroxyl groups is 1. The summed E-state index contributed by atoms with van der Waals surface area (Å²) in [6.07, 6.45) is 6.30. The lowest BCUT2D eigenvalue weighted by Gasteiger charge is -2.14. The Morgan fingerprint density at radius 1 is 0.957 bits per heavy atom. The number of amides is 2. The fourth-order valence-electron chi connectivity index (χ4n) is 5.12. The van der Waals surface area contributed by atoms with Crippen molar-refractivity contribution in [2.45, 2.75) is 45.1 Å². The first-order chi connectivity index (χ1) is 22.5. The number of anilines is 1. The highest BCUT2D eigenvalue weighted by molar-refractivity contribution is 5.90. The second-order valence-electron chi connectivity index (χ2n) is 11.2. The second kappa shape index (κ2) is 16.4. The number of carbonyl (C=O) groups is 1. The van der Waals surface area contributed by atoms with Crippen molar-refractivity contribution < 1.29 is 19.7 Å². The Hall–Kier alpha value is -4.93. The first kappa shape index (κ1) is 32.5. The van der Waals surface area contributed by atoms with Gasteiger partial charge in [-0.3, -0.25) is 4.57 Å². The molecule has 5 N–H and O–H groups in total. The normalized spacial score (nSPS) is 11.8. The van der Waals surface area contributed by atoms with E-state index >= 15 is 0 Å². The SMILES string of the molecule is CCCCCCNC(=O)Nc1cccc(-c2nc3cccnc3n2-c2ccc(CCNCC(O)COc3ccc(O)cc3)cc2)c1. The van der Waals surface area contributed by atoms with Crippen molar-refractivity contribution in [3.8, 4) is 28.6 Å². The van der Waals surface area contributed by atoms with Crippen LogP contribution in [0.25, 0.3) is 28.2 Å². The molecule has 0 aliphatic carbocycles. The number of carbonyl (C=O) groups excluding carboxylic acids is 1. The molecule has 2 heterocycles. The summed E-state index contributed by atoms with van der Waals surface area (Å²) < 4.78 is 7.61. The summed E-state index contributed by atoms with van der Waals surface area (Å²) in [6.45, 7) is 4.08. The van der Waals surface area contributed by atoms with Gasteiger partial charge in [-0.2, -0.15) is 0 Å². The quantitative estimate of drug-likeness (QED) is 0.0844. The number of unbranched alkanes of at least 4 members (excludes halogenated alkanes) is 3. The van der Waals surface area contributed by atoms with Gasteiger partial charge in [0.25, 0.3) is 0 Å².